The van der Waals surface area contributed by atoms with Gasteiger partial charge in [-0.25, -0.2) is 0 Å². The van der Waals surface area contributed by atoms with E-state index in [4.69, 9.17) is 5.11 Å². The third-order valence-corrected chi connectivity index (χ3v) is 4.01. The predicted octanol–water partition coefficient (Wildman–Crippen LogP) is 4.45. The standard InChI is InChI=1S/C12H18F6O/c1-8(9-5-3-2-4-6-9)7-10(19,11(13,14)15)12(16,17)18/h8-9,19H,2-7H2,1H3/t8-/m1/s1. The van der Waals surface area contributed by atoms with E-state index in [2.05, 4.69) is 0 Å². The number of hydrogen-bond acceptors (Lipinski definition) is 1. The van der Waals surface area contributed by atoms with Gasteiger partial charge in [0.1, 0.15) is 0 Å². The van der Waals surface area contributed by atoms with E-state index in [0.29, 0.717) is 12.8 Å². The van der Waals surface area contributed by atoms with E-state index < -0.39 is 30.3 Å². The Balaban J connectivity index is 2.84. The molecule has 0 radical (unpaired) electrons. The lowest BCUT2D eigenvalue weighted by Crippen LogP contribution is -2.58. The molecule has 1 saturated carbocycles. The number of alkyl halides is 6. The van der Waals surface area contributed by atoms with Gasteiger partial charge in [-0.3, -0.25) is 0 Å². The molecule has 0 aromatic carbocycles. The minimum absolute atomic E-state index is 0.176. The molecule has 114 valence electrons. The summed E-state index contributed by atoms with van der Waals surface area (Å²) in [5.74, 6) is -0.987. The first-order chi connectivity index (χ1) is 8.49. The normalized spacial score (nSPS) is 21.5. The van der Waals surface area contributed by atoms with Gasteiger partial charge in [-0.2, -0.15) is 26.3 Å². The van der Waals surface area contributed by atoms with Crippen LogP contribution in [0, 0.1) is 11.8 Å². The summed E-state index contributed by atoms with van der Waals surface area (Å²) in [5, 5.41) is 9.14. The first-order valence-corrected chi connectivity index (χ1v) is 6.35. The summed E-state index contributed by atoms with van der Waals surface area (Å²) in [6, 6.07) is 0. The third-order valence-electron chi connectivity index (χ3n) is 4.01. The molecule has 1 aliphatic rings. The van der Waals surface area contributed by atoms with Gasteiger partial charge in [-0.05, 0) is 18.3 Å². The second-order valence-corrected chi connectivity index (χ2v) is 5.44. The average molecular weight is 292 g/mol. The molecule has 0 aromatic heterocycles. The smallest absolute Gasteiger partial charge is 0.374 e. The van der Waals surface area contributed by atoms with Gasteiger partial charge in [0, 0.05) is 0 Å². The van der Waals surface area contributed by atoms with Crippen molar-refractivity contribution in [2.24, 2.45) is 11.8 Å². The fraction of sp³-hybridized carbons (Fsp3) is 1.00. The highest BCUT2D eigenvalue weighted by molar-refractivity contribution is 4.95. The topological polar surface area (TPSA) is 20.2 Å². The van der Waals surface area contributed by atoms with Crippen LogP contribution >= 0.6 is 0 Å². The van der Waals surface area contributed by atoms with Crippen molar-refractivity contribution in [3.05, 3.63) is 0 Å². The van der Waals surface area contributed by atoms with Gasteiger partial charge in [0.25, 0.3) is 5.60 Å². The first-order valence-electron chi connectivity index (χ1n) is 6.35. The maximum atomic E-state index is 12.6. The Morgan fingerprint density at radius 1 is 0.947 bits per heavy atom. The van der Waals surface area contributed by atoms with E-state index in [1.165, 1.54) is 6.92 Å². The SMILES string of the molecule is C[C@H](CC(O)(C(F)(F)F)C(F)(F)F)C1CCCCC1. The Bertz CT molecular complexity index is 276. The van der Waals surface area contributed by atoms with Gasteiger partial charge in [-0.1, -0.05) is 39.0 Å². The van der Waals surface area contributed by atoms with Gasteiger partial charge < -0.3 is 5.11 Å². The summed E-state index contributed by atoms with van der Waals surface area (Å²) in [6.45, 7) is 1.36. The highest BCUT2D eigenvalue weighted by Crippen LogP contribution is 2.48. The van der Waals surface area contributed by atoms with Crippen LogP contribution in [0.3, 0.4) is 0 Å². The lowest BCUT2D eigenvalue weighted by molar-refractivity contribution is -0.373. The van der Waals surface area contributed by atoms with Crippen molar-refractivity contribution in [2.75, 3.05) is 0 Å². The van der Waals surface area contributed by atoms with Gasteiger partial charge in [0.2, 0.25) is 0 Å². The molecule has 1 fully saturated rings. The van der Waals surface area contributed by atoms with Crippen molar-refractivity contribution in [2.45, 2.75) is 63.4 Å². The molecule has 1 rings (SSSR count). The summed E-state index contributed by atoms with van der Waals surface area (Å²) >= 11 is 0. The Labute approximate surface area is 108 Å². The zero-order chi connectivity index (χ0) is 14.9. The quantitative estimate of drug-likeness (QED) is 0.762. The molecule has 0 heterocycles. The van der Waals surface area contributed by atoms with Crippen LogP contribution in [0.5, 0.6) is 0 Å². The molecule has 1 N–H and O–H groups in total. The molecular formula is C12H18F6O. The molecule has 0 spiro atoms. The summed E-state index contributed by atoms with van der Waals surface area (Å²) in [7, 11) is 0. The molecule has 0 aromatic rings. The van der Waals surface area contributed by atoms with E-state index in [1.54, 1.807) is 0 Å². The molecule has 0 saturated heterocycles. The average Bonchev–Trinajstić information content (AvgIpc) is 2.27. The Morgan fingerprint density at radius 2 is 1.37 bits per heavy atom. The van der Waals surface area contributed by atoms with Crippen LogP contribution < -0.4 is 0 Å². The molecular weight excluding hydrogens is 274 g/mol. The van der Waals surface area contributed by atoms with E-state index >= 15 is 0 Å². The van der Waals surface area contributed by atoms with Crippen molar-refractivity contribution in [3.63, 3.8) is 0 Å². The predicted molar refractivity (Wildman–Crippen MR) is 57.4 cm³/mol. The first kappa shape index (κ1) is 16.6. The lowest BCUT2D eigenvalue weighted by atomic mass is 9.76. The maximum Gasteiger partial charge on any atom is 0.426 e. The fourth-order valence-electron chi connectivity index (χ4n) is 2.73. The van der Waals surface area contributed by atoms with Crippen LogP contribution in [0.1, 0.15) is 45.4 Å². The summed E-state index contributed by atoms with van der Waals surface area (Å²) in [6.07, 6.45) is -8.84. The van der Waals surface area contributed by atoms with Crippen molar-refractivity contribution in [1.82, 2.24) is 0 Å². The largest absolute Gasteiger partial charge is 0.426 e. The maximum absolute atomic E-state index is 12.6. The number of rotatable bonds is 3. The number of aliphatic hydroxyl groups is 1. The molecule has 7 heteroatoms. The Kier molecular flexibility index (Phi) is 4.80. The monoisotopic (exact) mass is 292 g/mol. The molecule has 0 bridgehead atoms. The Hall–Kier alpha value is -0.460. The molecule has 0 unspecified atom stereocenters. The van der Waals surface area contributed by atoms with E-state index in [9.17, 15) is 26.3 Å². The second kappa shape index (κ2) is 5.50. The highest BCUT2D eigenvalue weighted by atomic mass is 19.4. The van der Waals surface area contributed by atoms with Crippen molar-refractivity contribution >= 4 is 0 Å². The summed E-state index contributed by atoms with van der Waals surface area (Å²) in [5.41, 5.74) is -4.60. The second-order valence-electron chi connectivity index (χ2n) is 5.44. The van der Waals surface area contributed by atoms with E-state index in [-0.39, 0.29) is 5.92 Å². The molecule has 1 atom stereocenters. The van der Waals surface area contributed by atoms with E-state index in [1.807, 2.05) is 0 Å². The molecule has 0 amide bonds. The van der Waals surface area contributed by atoms with Crippen LogP contribution in [-0.2, 0) is 0 Å². The molecule has 1 aliphatic carbocycles. The molecule has 19 heavy (non-hydrogen) atoms. The van der Waals surface area contributed by atoms with E-state index in [0.717, 1.165) is 19.3 Å². The van der Waals surface area contributed by atoms with Crippen LogP contribution in [0.15, 0.2) is 0 Å². The van der Waals surface area contributed by atoms with Gasteiger partial charge in [-0.15, -0.1) is 0 Å². The van der Waals surface area contributed by atoms with Crippen molar-refractivity contribution < 1.29 is 31.4 Å². The van der Waals surface area contributed by atoms with Crippen LogP contribution in [0.4, 0.5) is 26.3 Å². The fourth-order valence-corrected chi connectivity index (χ4v) is 2.73. The van der Waals surface area contributed by atoms with Crippen LogP contribution in [-0.4, -0.2) is 23.1 Å². The lowest BCUT2D eigenvalue weighted by Gasteiger charge is -2.37. The van der Waals surface area contributed by atoms with Crippen molar-refractivity contribution in [3.8, 4) is 0 Å². The highest BCUT2D eigenvalue weighted by Gasteiger charge is 2.70. The molecule has 0 aliphatic heterocycles. The third kappa shape index (κ3) is 3.55. The minimum Gasteiger partial charge on any atom is -0.374 e. The minimum atomic E-state index is -5.70. The molecule has 1 nitrogen and oxygen atoms in total. The van der Waals surface area contributed by atoms with Gasteiger partial charge in [0.05, 0.1) is 0 Å². The zero-order valence-electron chi connectivity index (χ0n) is 10.6. The van der Waals surface area contributed by atoms with Gasteiger partial charge in [0.15, 0.2) is 0 Å². The summed E-state index contributed by atoms with van der Waals surface area (Å²) in [4.78, 5) is 0. The van der Waals surface area contributed by atoms with Crippen LogP contribution in [0.25, 0.3) is 0 Å². The number of halogens is 6. The Morgan fingerprint density at radius 3 is 1.74 bits per heavy atom. The van der Waals surface area contributed by atoms with Crippen molar-refractivity contribution in [1.29, 1.82) is 0 Å². The zero-order valence-corrected chi connectivity index (χ0v) is 10.6. The summed E-state index contributed by atoms with van der Waals surface area (Å²) < 4.78 is 75.3. The van der Waals surface area contributed by atoms with Gasteiger partial charge >= 0.3 is 12.4 Å². The number of hydrogen-bond donors (Lipinski definition) is 1. The van der Waals surface area contributed by atoms with Crippen LogP contribution in [0.2, 0.25) is 0 Å².